The first-order valence-corrected chi connectivity index (χ1v) is 9.94. The van der Waals surface area contributed by atoms with Gasteiger partial charge in [-0.15, -0.1) is 4.40 Å². The SMILES string of the molecule is Cc1ccc2c(c1)CCCN2C(=O)C1=CN2CCS(=O)(=O)N=C2C=C1. The molecule has 0 saturated heterocycles. The van der Waals surface area contributed by atoms with E-state index in [1.165, 1.54) is 11.1 Å². The number of amides is 1. The minimum atomic E-state index is -3.38. The number of hydrogen-bond acceptors (Lipinski definition) is 4. The van der Waals surface area contributed by atoms with E-state index in [2.05, 4.69) is 17.4 Å². The Labute approximate surface area is 147 Å². The van der Waals surface area contributed by atoms with Crippen LogP contribution in [0.5, 0.6) is 0 Å². The highest BCUT2D eigenvalue weighted by atomic mass is 32.2. The van der Waals surface area contributed by atoms with Gasteiger partial charge in [0.15, 0.2) is 0 Å². The molecule has 3 aliphatic rings. The summed E-state index contributed by atoms with van der Waals surface area (Å²) in [7, 11) is -3.38. The topological polar surface area (TPSA) is 70.1 Å². The van der Waals surface area contributed by atoms with E-state index >= 15 is 0 Å². The van der Waals surface area contributed by atoms with E-state index in [1.807, 2.05) is 17.0 Å². The molecule has 0 N–H and O–H groups in total. The second kappa shape index (κ2) is 5.84. The van der Waals surface area contributed by atoms with Crippen LogP contribution in [0.15, 0.2) is 46.5 Å². The third-order valence-electron chi connectivity index (χ3n) is 4.67. The van der Waals surface area contributed by atoms with E-state index in [4.69, 9.17) is 0 Å². The van der Waals surface area contributed by atoms with Gasteiger partial charge < -0.3 is 9.80 Å². The van der Waals surface area contributed by atoms with Crippen molar-refractivity contribution in [2.24, 2.45) is 4.40 Å². The van der Waals surface area contributed by atoms with Crippen LogP contribution in [0, 0.1) is 6.92 Å². The molecule has 3 aliphatic heterocycles. The lowest BCUT2D eigenvalue weighted by atomic mass is 9.98. The third-order valence-corrected chi connectivity index (χ3v) is 5.83. The quantitative estimate of drug-likeness (QED) is 0.768. The van der Waals surface area contributed by atoms with Gasteiger partial charge in [-0.05, 0) is 43.5 Å². The Morgan fingerprint density at radius 2 is 2.04 bits per heavy atom. The molecule has 4 rings (SSSR count). The maximum absolute atomic E-state index is 13.0. The summed E-state index contributed by atoms with van der Waals surface area (Å²) in [4.78, 5) is 16.6. The summed E-state index contributed by atoms with van der Waals surface area (Å²) >= 11 is 0. The molecule has 0 saturated carbocycles. The first-order chi connectivity index (χ1) is 11.9. The van der Waals surface area contributed by atoms with Gasteiger partial charge in [0.1, 0.15) is 5.84 Å². The van der Waals surface area contributed by atoms with Gasteiger partial charge in [0.05, 0.1) is 11.3 Å². The number of carbonyl (C=O) groups excluding carboxylic acids is 1. The van der Waals surface area contributed by atoms with Gasteiger partial charge in [-0.2, -0.15) is 0 Å². The molecule has 0 bridgehead atoms. The molecule has 7 heteroatoms. The van der Waals surface area contributed by atoms with Gasteiger partial charge >= 0.3 is 0 Å². The summed E-state index contributed by atoms with van der Waals surface area (Å²) < 4.78 is 26.9. The lowest BCUT2D eigenvalue weighted by Gasteiger charge is -2.32. The first-order valence-electron chi connectivity index (χ1n) is 8.33. The summed E-state index contributed by atoms with van der Waals surface area (Å²) in [5.41, 5.74) is 3.91. The molecule has 0 spiro atoms. The summed E-state index contributed by atoms with van der Waals surface area (Å²) in [6.45, 7) is 3.06. The first kappa shape index (κ1) is 16.1. The Morgan fingerprint density at radius 3 is 2.88 bits per heavy atom. The molecular formula is C18H19N3O3S. The number of nitrogens with zero attached hydrogens (tertiary/aromatic N) is 3. The fourth-order valence-electron chi connectivity index (χ4n) is 3.42. The minimum absolute atomic E-state index is 0.0336. The lowest BCUT2D eigenvalue weighted by molar-refractivity contribution is -0.115. The zero-order valence-corrected chi connectivity index (χ0v) is 14.8. The van der Waals surface area contributed by atoms with Gasteiger partial charge in [0.25, 0.3) is 15.9 Å². The molecule has 0 fully saturated rings. The molecule has 25 heavy (non-hydrogen) atoms. The number of amidine groups is 1. The molecule has 0 aromatic heterocycles. The zero-order chi connectivity index (χ0) is 17.6. The summed E-state index contributed by atoms with van der Waals surface area (Å²) in [6.07, 6.45) is 6.88. The molecular weight excluding hydrogens is 338 g/mol. The summed E-state index contributed by atoms with van der Waals surface area (Å²) in [5, 5.41) is 0. The van der Waals surface area contributed by atoms with E-state index in [0.29, 0.717) is 24.5 Å². The van der Waals surface area contributed by atoms with E-state index in [0.717, 1.165) is 18.5 Å². The zero-order valence-electron chi connectivity index (χ0n) is 14.0. The van der Waals surface area contributed by atoms with Crippen LogP contribution < -0.4 is 4.90 Å². The molecule has 1 amide bonds. The number of rotatable bonds is 1. The monoisotopic (exact) mass is 357 g/mol. The van der Waals surface area contributed by atoms with Crippen LogP contribution in [0.1, 0.15) is 17.5 Å². The van der Waals surface area contributed by atoms with Crippen LogP contribution in [0.25, 0.3) is 0 Å². The van der Waals surface area contributed by atoms with Gasteiger partial charge in [-0.1, -0.05) is 17.7 Å². The molecule has 0 unspecified atom stereocenters. The number of benzene rings is 1. The van der Waals surface area contributed by atoms with Crippen molar-refractivity contribution < 1.29 is 13.2 Å². The number of sulfonamides is 1. The Morgan fingerprint density at radius 1 is 1.20 bits per heavy atom. The average molecular weight is 357 g/mol. The van der Waals surface area contributed by atoms with Gasteiger partial charge in [0.2, 0.25) is 0 Å². The second-order valence-corrected chi connectivity index (χ2v) is 8.29. The van der Waals surface area contributed by atoms with Crippen LogP contribution in [-0.4, -0.2) is 43.9 Å². The Hall–Kier alpha value is -2.41. The average Bonchev–Trinajstić information content (AvgIpc) is 2.59. The number of hydrogen-bond donors (Lipinski definition) is 0. The van der Waals surface area contributed by atoms with Crippen molar-refractivity contribution >= 4 is 27.5 Å². The standard InChI is InChI=1S/C18H19N3O3S/c1-13-4-6-16-14(11-13)3-2-8-21(16)18(22)15-5-7-17-19-25(23,24)10-9-20(17)12-15/h4-7,11-12H,2-3,8-10H2,1H3. The number of anilines is 1. The highest BCUT2D eigenvalue weighted by Gasteiger charge is 2.28. The van der Waals surface area contributed by atoms with E-state index in [-0.39, 0.29) is 11.7 Å². The molecule has 1 aromatic rings. The molecule has 0 radical (unpaired) electrons. The number of aryl methyl sites for hydroxylation is 2. The van der Waals surface area contributed by atoms with Crippen molar-refractivity contribution in [3.05, 3.63) is 53.3 Å². The summed E-state index contributed by atoms with van der Waals surface area (Å²) in [6, 6.07) is 6.17. The van der Waals surface area contributed by atoms with Crippen LogP contribution in [-0.2, 0) is 21.2 Å². The van der Waals surface area contributed by atoms with Gasteiger partial charge in [-0.3, -0.25) is 4.79 Å². The van der Waals surface area contributed by atoms with Crippen LogP contribution >= 0.6 is 0 Å². The van der Waals surface area contributed by atoms with Crippen LogP contribution in [0.2, 0.25) is 0 Å². The van der Waals surface area contributed by atoms with E-state index in [1.54, 1.807) is 23.3 Å². The van der Waals surface area contributed by atoms with Gasteiger partial charge in [0, 0.05) is 25.0 Å². The fraction of sp³-hybridized carbons (Fsp3) is 0.333. The van der Waals surface area contributed by atoms with E-state index < -0.39 is 10.0 Å². The predicted molar refractivity (Wildman–Crippen MR) is 97.0 cm³/mol. The van der Waals surface area contributed by atoms with Crippen molar-refractivity contribution in [1.82, 2.24) is 4.90 Å². The third kappa shape index (κ3) is 3.00. The Kier molecular flexibility index (Phi) is 3.76. The molecule has 130 valence electrons. The van der Waals surface area contributed by atoms with Crippen molar-refractivity contribution in [3.8, 4) is 0 Å². The maximum atomic E-state index is 13.0. The highest BCUT2D eigenvalue weighted by Crippen LogP contribution is 2.30. The maximum Gasteiger partial charge on any atom is 0.259 e. The Bertz CT molecular complexity index is 944. The van der Waals surface area contributed by atoms with Crippen molar-refractivity contribution in [1.29, 1.82) is 0 Å². The minimum Gasteiger partial charge on any atom is -0.330 e. The predicted octanol–water partition coefficient (Wildman–Crippen LogP) is 1.77. The fourth-order valence-corrected chi connectivity index (χ4v) is 4.39. The summed E-state index contributed by atoms with van der Waals surface area (Å²) in [5.74, 6) is 0.278. The molecule has 0 aliphatic carbocycles. The smallest absolute Gasteiger partial charge is 0.259 e. The molecule has 1 aromatic carbocycles. The van der Waals surface area contributed by atoms with Crippen molar-refractivity contribution in [2.45, 2.75) is 19.8 Å². The largest absolute Gasteiger partial charge is 0.330 e. The lowest BCUT2D eigenvalue weighted by Crippen LogP contribution is -2.40. The van der Waals surface area contributed by atoms with Gasteiger partial charge in [-0.25, -0.2) is 8.42 Å². The molecule has 3 heterocycles. The van der Waals surface area contributed by atoms with Crippen LogP contribution in [0.4, 0.5) is 5.69 Å². The number of carbonyl (C=O) groups is 1. The molecule has 0 atom stereocenters. The highest BCUT2D eigenvalue weighted by molar-refractivity contribution is 7.90. The number of fused-ring (bicyclic) bond motifs is 2. The van der Waals surface area contributed by atoms with Crippen molar-refractivity contribution in [2.75, 3.05) is 23.7 Å². The Balaban J connectivity index is 1.64. The molecule has 6 nitrogen and oxygen atoms in total. The van der Waals surface area contributed by atoms with Crippen LogP contribution in [0.3, 0.4) is 0 Å². The second-order valence-electron chi connectivity index (χ2n) is 6.54. The normalized spacial score (nSPS) is 21.2. The van der Waals surface area contributed by atoms with Crippen molar-refractivity contribution in [3.63, 3.8) is 0 Å². The van der Waals surface area contributed by atoms with E-state index in [9.17, 15) is 13.2 Å².